The van der Waals surface area contributed by atoms with E-state index in [4.69, 9.17) is 10.2 Å². The van der Waals surface area contributed by atoms with Crippen LogP contribution in [0.5, 0.6) is 0 Å². The summed E-state index contributed by atoms with van der Waals surface area (Å²) in [7, 11) is 0. The maximum atomic E-state index is 12.7. The van der Waals surface area contributed by atoms with Crippen LogP contribution in [-0.4, -0.2) is 41.7 Å². The first kappa shape index (κ1) is 21.9. The third-order valence-electron chi connectivity index (χ3n) is 5.40. The van der Waals surface area contributed by atoms with E-state index < -0.39 is 5.97 Å². The highest BCUT2D eigenvalue weighted by Gasteiger charge is 2.18. The summed E-state index contributed by atoms with van der Waals surface area (Å²) in [6.45, 7) is 1.86. The van der Waals surface area contributed by atoms with E-state index in [1.54, 1.807) is 10.9 Å². The van der Waals surface area contributed by atoms with Crippen molar-refractivity contribution in [3.05, 3.63) is 90.6 Å². The van der Waals surface area contributed by atoms with Gasteiger partial charge in [0.15, 0.2) is 0 Å². The van der Waals surface area contributed by atoms with Crippen LogP contribution in [0.2, 0.25) is 0 Å². The monoisotopic (exact) mass is 464 g/mol. The maximum absolute atomic E-state index is 12.7. The Bertz CT molecular complexity index is 1550. The van der Waals surface area contributed by atoms with Gasteiger partial charge in [-0.1, -0.05) is 24.3 Å². The Labute approximate surface area is 200 Å². The second-order valence-corrected chi connectivity index (χ2v) is 7.91. The summed E-state index contributed by atoms with van der Waals surface area (Å²) in [6.07, 6.45) is 4.89. The fourth-order valence-electron chi connectivity index (χ4n) is 3.84. The van der Waals surface area contributed by atoms with Gasteiger partial charge < -0.3 is 10.4 Å². The average Bonchev–Trinajstić information content (AvgIpc) is 3.27. The summed E-state index contributed by atoms with van der Waals surface area (Å²) in [5.74, 6) is -1.46. The Hall–Kier alpha value is -4.92. The number of rotatable bonds is 6. The highest BCUT2D eigenvalue weighted by Crippen LogP contribution is 2.34. The molecule has 9 heteroatoms. The molecule has 0 aliphatic carbocycles. The highest BCUT2D eigenvalue weighted by atomic mass is 16.4. The van der Waals surface area contributed by atoms with Gasteiger partial charge in [-0.2, -0.15) is 5.10 Å². The zero-order chi connectivity index (χ0) is 24.4. The van der Waals surface area contributed by atoms with Gasteiger partial charge in [0, 0.05) is 29.0 Å². The van der Waals surface area contributed by atoms with Crippen molar-refractivity contribution in [1.29, 1.82) is 0 Å². The first-order chi connectivity index (χ1) is 17.0. The number of hydrogen-bond donors (Lipinski definition) is 2. The number of para-hydroxylation sites is 1. The Morgan fingerprint density at radius 3 is 2.60 bits per heavy atom. The van der Waals surface area contributed by atoms with Crippen LogP contribution in [0.3, 0.4) is 0 Å². The van der Waals surface area contributed by atoms with Crippen LogP contribution in [0, 0.1) is 6.92 Å². The molecule has 1 amide bonds. The molecule has 4 aromatic heterocycles. The second-order valence-electron chi connectivity index (χ2n) is 7.91. The molecule has 9 nitrogen and oxygen atoms in total. The Balaban J connectivity index is 1.50. The van der Waals surface area contributed by atoms with Gasteiger partial charge in [-0.15, -0.1) is 0 Å². The van der Waals surface area contributed by atoms with Crippen molar-refractivity contribution >= 4 is 28.5 Å². The van der Waals surface area contributed by atoms with Crippen LogP contribution in [0.25, 0.3) is 33.4 Å². The van der Waals surface area contributed by atoms with E-state index in [2.05, 4.69) is 20.3 Å². The minimum Gasteiger partial charge on any atom is -0.477 e. The quantitative estimate of drug-likeness (QED) is 0.386. The molecule has 5 rings (SSSR count). The highest BCUT2D eigenvalue weighted by molar-refractivity contribution is 5.98. The number of anilines is 1. The molecule has 35 heavy (non-hydrogen) atoms. The number of benzene rings is 1. The minimum atomic E-state index is -1.13. The Kier molecular flexibility index (Phi) is 5.72. The number of aromatic nitrogens is 5. The van der Waals surface area contributed by atoms with Gasteiger partial charge in [-0.25, -0.2) is 9.78 Å². The number of carboxylic acid groups (broad SMARTS) is 1. The summed E-state index contributed by atoms with van der Waals surface area (Å²) < 4.78 is 1.57. The molecule has 0 spiro atoms. The van der Waals surface area contributed by atoms with Crippen LogP contribution < -0.4 is 5.32 Å². The molecule has 0 atom stereocenters. The van der Waals surface area contributed by atoms with Gasteiger partial charge in [0.1, 0.15) is 17.9 Å². The number of nitrogens with one attached hydrogen (secondary N) is 1. The Morgan fingerprint density at radius 1 is 0.971 bits per heavy atom. The van der Waals surface area contributed by atoms with E-state index in [1.165, 1.54) is 18.3 Å². The predicted molar refractivity (Wildman–Crippen MR) is 131 cm³/mol. The molecular formula is C26H20N6O3. The third-order valence-corrected chi connectivity index (χ3v) is 5.40. The van der Waals surface area contributed by atoms with Crippen molar-refractivity contribution in [3.8, 4) is 22.5 Å². The predicted octanol–water partition coefficient (Wildman–Crippen LogP) is 4.20. The lowest BCUT2D eigenvalue weighted by atomic mass is 10.0. The Morgan fingerprint density at radius 2 is 1.83 bits per heavy atom. The number of carbonyl (C=O) groups is 2. The lowest BCUT2D eigenvalue weighted by Crippen LogP contribution is -2.19. The first-order valence-electron chi connectivity index (χ1n) is 10.8. The molecule has 0 saturated carbocycles. The average molecular weight is 464 g/mol. The number of pyridine rings is 3. The van der Waals surface area contributed by atoms with Gasteiger partial charge in [-0.05, 0) is 48.9 Å². The number of amides is 1. The number of nitrogens with zero attached hydrogens (tertiary/aromatic N) is 5. The second kappa shape index (κ2) is 9.14. The number of aryl methyl sites for hydroxylation is 1. The summed E-state index contributed by atoms with van der Waals surface area (Å²) in [5, 5.41) is 17.4. The SMILES string of the molecule is Cc1cccc(-c2nn(CC(=O)Nc3ccc(C(=O)O)nc3)cc2-c2ccnc3ccccc23)n1. The standard InChI is InChI=1S/C26H20N6O3/c1-16-5-4-8-22(29-16)25-20(18-11-12-27-21-7-3-2-6-19(18)21)14-32(31-25)15-24(33)30-17-9-10-23(26(34)35)28-13-17/h2-14H,15H2,1H3,(H,30,33)(H,34,35). The summed E-state index contributed by atoms with van der Waals surface area (Å²) in [6, 6.07) is 18.3. The van der Waals surface area contributed by atoms with Gasteiger partial charge >= 0.3 is 5.97 Å². The maximum Gasteiger partial charge on any atom is 0.354 e. The molecule has 0 bridgehead atoms. The molecule has 0 fully saturated rings. The van der Waals surface area contributed by atoms with Crippen molar-refractivity contribution in [2.75, 3.05) is 5.32 Å². The largest absolute Gasteiger partial charge is 0.477 e. The molecule has 0 aliphatic heterocycles. The van der Waals surface area contributed by atoms with E-state index in [1.807, 2.05) is 61.7 Å². The summed E-state index contributed by atoms with van der Waals surface area (Å²) in [5.41, 5.74) is 5.15. The van der Waals surface area contributed by atoms with Crippen LogP contribution in [0.4, 0.5) is 5.69 Å². The van der Waals surface area contributed by atoms with Crippen LogP contribution in [0.1, 0.15) is 16.2 Å². The summed E-state index contributed by atoms with van der Waals surface area (Å²) in [4.78, 5) is 36.6. The normalized spacial score (nSPS) is 10.9. The zero-order valence-corrected chi connectivity index (χ0v) is 18.7. The lowest BCUT2D eigenvalue weighted by molar-refractivity contribution is -0.116. The van der Waals surface area contributed by atoms with Crippen LogP contribution >= 0.6 is 0 Å². The smallest absolute Gasteiger partial charge is 0.354 e. The topological polar surface area (TPSA) is 123 Å². The van der Waals surface area contributed by atoms with Crippen LogP contribution in [0.15, 0.2) is 79.3 Å². The summed E-state index contributed by atoms with van der Waals surface area (Å²) >= 11 is 0. The number of aromatic carboxylic acids is 1. The number of fused-ring (bicyclic) bond motifs is 1. The molecule has 4 heterocycles. The van der Waals surface area contributed by atoms with Crippen molar-refractivity contribution < 1.29 is 14.7 Å². The molecule has 0 radical (unpaired) electrons. The fraction of sp³-hybridized carbons (Fsp3) is 0.0769. The molecule has 0 unspecified atom stereocenters. The van der Waals surface area contributed by atoms with E-state index in [0.717, 1.165) is 27.7 Å². The molecule has 172 valence electrons. The van der Waals surface area contributed by atoms with E-state index in [9.17, 15) is 9.59 Å². The van der Waals surface area contributed by atoms with Crippen molar-refractivity contribution in [2.24, 2.45) is 0 Å². The zero-order valence-electron chi connectivity index (χ0n) is 18.7. The number of carbonyl (C=O) groups excluding carboxylic acids is 1. The first-order valence-corrected chi connectivity index (χ1v) is 10.8. The van der Waals surface area contributed by atoms with Gasteiger partial charge in [0.05, 0.1) is 23.1 Å². The van der Waals surface area contributed by atoms with Gasteiger partial charge in [0.2, 0.25) is 5.91 Å². The van der Waals surface area contributed by atoms with E-state index >= 15 is 0 Å². The molecule has 5 aromatic rings. The van der Waals surface area contributed by atoms with E-state index in [-0.39, 0.29) is 18.1 Å². The van der Waals surface area contributed by atoms with E-state index in [0.29, 0.717) is 17.1 Å². The molecule has 2 N–H and O–H groups in total. The third kappa shape index (κ3) is 4.60. The van der Waals surface area contributed by atoms with Crippen LogP contribution in [-0.2, 0) is 11.3 Å². The molecule has 1 aromatic carbocycles. The van der Waals surface area contributed by atoms with Crippen molar-refractivity contribution in [1.82, 2.24) is 24.7 Å². The van der Waals surface area contributed by atoms with Gasteiger partial charge in [0.25, 0.3) is 0 Å². The lowest BCUT2D eigenvalue weighted by Gasteiger charge is -2.06. The van der Waals surface area contributed by atoms with Crippen molar-refractivity contribution in [2.45, 2.75) is 13.5 Å². The number of carboxylic acids is 1. The minimum absolute atomic E-state index is 0.0531. The molecular weight excluding hydrogens is 444 g/mol. The molecule has 0 aliphatic rings. The van der Waals surface area contributed by atoms with Crippen molar-refractivity contribution in [3.63, 3.8) is 0 Å². The molecule has 0 saturated heterocycles. The fourth-order valence-corrected chi connectivity index (χ4v) is 3.84. The number of hydrogen-bond acceptors (Lipinski definition) is 6. The van der Waals surface area contributed by atoms with Gasteiger partial charge in [-0.3, -0.25) is 19.4 Å².